The van der Waals surface area contributed by atoms with Gasteiger partial charge >= 0.3 is 12.1 Å². The zero-order chi connectivity index (χ0) is 15.8. The van der Waals surface area contributed by atoms with E-state index in [0.29, 0.717) is 0 Å². The predicted molar refractivity (Wildman–Crippen MR) is 62.9 cm³/mol. The molecule has 0 saturated carbocycles. The summed E-state index contributed by atoms with van der Waals surface area (Å²) in [5.74, 6) is -4.55. The molecule has 1 heterocycles. The van der Waals surface area contributed by atoms with Gasteiger partial charge in [0.1, 0.15) is 0 Å². The molecule has 0 aliphatic carbocycles. The second-order valence-corrected chi connectivity index (χ2v) is 4.58. The Labute approximate surface area is 117 Å². The zero-order valence-corrected chi connectivity index (χ0v) is 10.8. The first-order valence-corrected chi connectivity index (χ1v) is 5.97. The summed E-state index contributed by atoms with van der Waals surface area (Å²) in [6.07, 6.45) is -5.94. The largest absolute Gasteiger partial charge is 0.389 e. The molecular formula is C13H10F3NO4. The number of nitrogens with zero attached hydrogens (tertiary/aromatic N) is 1. The Bertz CT molecular complexity index is 577. The van der Waals surface area contributed by atoms with Crippen molar-refractivity contribution in [3.05, 3.63) is 35.4 Å². The summed E-state index contributed by atoms with van der Waals surface area (Å²) in [5.41, 5.74) is 0.0811. The van der Waals surface area contributed by atoms with Crippen LogP contribution in [0.2, 0.25) is 0 Å². The van der Waals surface area contributed by atoms with Crippen LogP contribution in [0, 0.1) is 5.92 Å². The molecular weight excluding hydrogens is 291 g/mol. The summed E-state index contributed by atoms with van der Waals surface area (Å²) in [6, 6.07) is 5.76. The number of rotatable bonds is 3. The number of hydrogen-bond donors (Lipinski definition) is 0. The highest BCUT2D eigenvalue weighted by atomic mass is 19.4. The quantitative estimate of drug-likeness (QED) is 0.804. The normalized spacial score (nSPS) is 15.9. The summed E-state index contributed by atoms with van der Waals surface area (Å²) in [6.45, 7) is 1.01. The summed E-state index contributed by atoms with van der Waals surface area (Å²) in [7, 11) is 0. The van der Waals surface area contributed by atoms with Gasteiger partial charge in [0.25, 0.3) is 11.8 Å². The van der Waals surface area contributed by atoms with Gasteiger partial charge in [0.05, 0.1) is 23.5 Å². The number of imide groups is 1. The van der Waals surface area contributed by atoms with E-state index in [1.807, 2.05) is 0 Å². The molecule has 21 heavy (non-hydrogen) atoms. The number of carbonyl (C=O) groups is 3. The minimum atomic E-state index is -4.54. The van der Waals surface area contributed by atoms with Crippen molar-refractivity contribution in [3.8, 4) is 0 Å². The Morgan fingerprint density at radius 2 is 1.67 bits per heavy atom. The molecule has 2 rings (SSSR count). The second-order valence-electron chi connectivity index (χ2n) is 4.58. The van der Waals surface area contributed by atoms with Crippen LogP contribution >= 0.6 is 0 Å². The van der Waals surface area contributed by atoms with Gasteiger partial charge < -0.3 is 4.84 Å². The SMILES string of the molecule is C[C@H](CC(F)(F)F)C(=O)ON1C(=O)c2ccccc2C1=O. The highest BCUT2D eigenvalue weighted by Gasteiger charge is 2.41. The van der Waals surface area contributed by atoms with Gasteiger partial charge in [0.15, 0.2) is 0 Å². The molecule has 112 valence electrons. The Balaban J connectivity index is 2.10. The van der Waals surface area contributed by atoms with Gasteiger partial charge in [-0.25, -0.2) is 4.79 Å². The number of fused-ring (bicyclic) bond motifs is 1. The number of halogens is 3. The lowest BCUT2D eigenvalue weighted by atomic mass is 10.1. The number of amides is 2. The van der Waals surface area contributed by atoms with Crippen LogP contribution in [0.5, 0.6) is 0 Å². The highest BCUT2D eigenvalue weighted by molar-refractivity contribution is 6.20. The van der Waals surface area contributed by atoms with Crippen LogP contribution in [0.4, 0.5) is 13.2 Å². The van der Waals surface area contributed by atoms with Gasteiger partial charge in [0.2, 0.25) is 0 Å². The minimum absolute atomic E-state index is 0.0405. The van der Waals surface area contributed by atoms with Crippen LogP contribution in [0.3, 0.4) is 0 Å². The molecule has 1 aliphatic rings. The summed E-state index contributed by atoms with van der Waals surface area (Å²) in [5, 5.41) is 0.194. The van der Waals surface area contributed by atoms with Crippen LogP contribution in [0.15, 0.2) is 24.3 Å². The molecule has 0 saturated heterocycles. The number of carbonyl (C=O) groups excluding carboxylic acids is 3. The van der Waals surface area contributed by atoms with E-state index in [0.717, 1.165) is 6.92 Å². The summed E-state index contributed by atoms with van der Waals surface area (Å²) >= 11 is 0. The molecule has 2 amide bonds. The van der Waals surface area contributed by atoms with Crippen LogP contribution in [0.25, 0.3) is 0 Å². The van der Waals surface area contributed by atoms with Gasteiger partial charge in [-0.1, -0.05) is 24.1 Å². The van der Waals surface area contributed by atoms with Crippen LogP contribution < -0.4 is 0 Å². The molecule has 8 heteroatoms. The molecule has 0 N–H and O–H groups in total. The van der Waals surface area contributed by atoms with E-state index in [2.05, 4.69) is 4.84 Å². The van der Waals surface area contributed by atoms with Gasteiger partial charge in [-0.05, 0) is 12.1 Å². The molecule has 5 nitrogen and oxygen atoms in total. The van der Waals surface area contributed by atoms with Crippen molar-refractivity contribution >= 4 is 17.8 Å². The lowest BCUT2D eigenvalue weighted by Crippen LogP contribution is -2.35. The van der Waals surface area contributed by atoms with Crippen molar-refractivity contribution in [1.82, 2.24) is 5.06 Å². The molecule has 0 unspecified atom stereocenters. The number of hydrogen-bond acceptors (Lipinski definition) is 4. The van der Waals surface area contributed by atoms with Crippen molar-refractivity contribution in [2.45, 2.75) is 19.5 Å². The number of hydroxylamine groups is 2. The monoisotopic (exact) mass is 301 g/mol. The smallest absolute Gasteiger partial charge is 0.329 e. The first kappa shape index (κ1) is 15.0. The topological polar surface area (TPSA) is 63.7 Å². The van der Waals surface area contributed by atoms with Crippen molar-refractivity contribution < 1.29 is 32.4 Å². The predicted octanol–water partition coefficient (Wildman–Crippen LogP) is 2.33. The molecule has 0 bridgehead atoms. The molecule has 0 spiro atoms. The van der Waals surface area contributed by atoms with E-state index in [4.69, 9.17) is 0 Å². The minimum Gasteiger partial charge on any atom is -0.329 e. The fourth-order valence-corrected chi connectivity index (χ4v) is 1.86. The first-order chi connectivity index (χ1) is 9.70. The van der Waals surface area contributed by atoms with Crippen LogP contribution in [0.1, 0.15) is 34.1 Å². The molecule has 1 aliphatic heterocycles. The molecule has 0 fully saturated rings. The average Bonchev–Trinajstić information content (AvgIpc) is 2.62. The van der Waals surface area contributed by atoms with Crippen molar-refractivity contribution in [2.75, 3.05) is 0 Å². The maximum Gasteiger partial charge on any atom is 0.389 e. The van der Waals surface area contributed by atoms with E-state index in [1.165, 1.54) is 24.3 Å². The average molecular weight is 301 g/mol. The van der Waals surface area contributed by atoms with E-state index in [-0.39, 0.29) is 16.2 Å². The third-order valence-electron chi connectivity index (χ3n) is 2.88. The molecule has 0 radical (unpaired) electrons. The highest BCUT2D eigenvalue weighted by Crippen LogP contribution is 2.27. The molecule has 0 aromatic heterocycles. The fourth-order valence-electron chi connectivity index (χ4n) is 1.86. The number of alkyl halides is 3. The van der Waals surface area contributed by atoms with Crippen molar-refractivity contribution in [2.24, 2.45) is 5.92 Å². The standard InChI is InChI=1S/C13H10F3NO4/c1-7(6-13(14,15)16)12(20)21-17-10(18)8-4-2-3-5-9(8)11(17)19/h2-5,7H,6H2,1H3/t7-/m1/s1. The maximum atomic E-state index is 12.2. The van der Waals surface area contributed by atoms with Crippen molar-refractivity contribution in [1.29, 1.82) is 0 Å². The maximum absolute atomic E-state index is 12.2. The molecule has 1 aromatic carbocycles. The van der Waals surface area contributed by atoms with E-state index in [1.54, 1.807) is 0 Å². The third-order valence-corrected chi connectivity index (χ3v) is 2.88. The third kappa shape index (κ3) is 3.04. The van der Waals surface area contributed by atoms with Gasteiger partial charge in [-0.15, -0.1) is 0 Å². The Hall–Kier alpha value is -2.38. The van der Waals surface area contributed by atoms with Gasteiger partial charge in [-0.2, -0.15) is 13.2 Å². The zero-order valence-electron chi connectivity index (χ0n) is 10.8. The Morgan fingerprint density at radius 1 is 1.19 bits per heavy atom. The lowest BCUT2D eigenvalue weighted by Gasteiger charge is -2.17. The lowest BCUT2D eigenvalue weighted by molar-refractivity contribution is -0.184. The Morgan fingerprint density at radius 3 is 2.10 bits per heavy atom. The number of benzene rings is 1. The van der Waals surface area contributed by atoms with Gasteiger partial charge in [0, 0.05) is 0 Å². The van der Waals surface area contributed by atoms with Crippen LogP contribution in [-0.4, -0.2) is 29.0 Å². The van der Waals surface area contributed by atoms with Crippen LogP contribution in [-0.2, 0) is 9.63 Å². The first-order valence-electron chi connectivity index (χ1n) is 5.97. The molecule has 1 aromatic rings. The van der Waals surface area contributed by atoms with E-state index >= 15 is 0 Å². The summed E-state index contributed by atoms with van der Waals surface area (Å²) in [4.78, 5) is 39.8. The second kappa shape index (κ2) is 5.19. The summed E-state index contributed by atoms with van der Waals surface area (Å²) < 4.78 is 36.6. The van der Waals surface area contributed by atoms with E-state index in [9.17, 15) is 27.6 Å². The van der Waals surface area contributed by atoms with Gasteiger partial charge in [-0.3, -0.25) is 9.59 Å². The molecule has 1 atom stereocenters. The van der Waals surface area contributed by atoms with Crippen molar-refractivity contribution in [3.63, 3.8) is 0 Å². The Kier molecular flexibility index (Phi) is 3.71. The van der Waals surface area contributed by atoms with E-state index < -0.39 is 36.3 Å². The fraction of sp³-hybridized carbons (Fsp3) is 0.308.